The molecule has 0 radical (unpaired) electrons. The summed E-state index contributed by atoms with van der Waals surface area (Å²) >= 11 is 0. The lowest BCUT2D eigenvalue weighted by molar-refractivity contribution is -0.139. The molecular weight excluding hydrogens is 517 g/mol. The van der Waals surface area contributed by atoms with Crippen LogP contribution in [-0.2, 0) is 32.6 Å². The Balaban J connectivity index is 2.05. The molecule has 3 aromatic carbocycles. The summed E-state index contributed by atoms with van der Waals surface area (Å²) in [6.07, 6.45) is 1.28. The predicted octanol–water partition coefficient (Wildman–Crippen LogP) is 4.84. The summed E-state index contributed by atoms with van der Waals surface area (Å²) in [5.74, 6) is -1.33. The van der Waals surface area contributed by atoms with Crippen LogP contribution in [0.4, 0.5) is 10.1 Å². The van der Waals surface area contributed by atoms with E-state index in [0.29, 0.717) is 24.2 Å². The van der Waals surface area contributed by atoms with Crippen molar-refractivity contribution in [3.63, 3.8) is 0 Å². The summed E-state index contributed by atoms with van der Waals surface area (Å²) < 4.78 is 42.5. The van der Waals surface area contributed by atoms with Gasteiger partial charge in [-0.25, -0.2) is 12.8 Å². The van der Waals surface area contributed by atoms with E-state index < -0.39 is 34.3 Å². The number of nitrogens with zero attached hydrogens (tertiary/aromatic N) is 2. The van der Waals surface area contributed by atoms with Gasteiger partial charge in [0.25, 0.3) is 10.0 Å². The molecule has 0 fully saturated rings. The number of para-hydroxylation sites is 1. The molecule has 0 aliphatic heterocycles. The van der Waals surface area contributed by atoms with E-state index in [1.54, 1.807) is 43.3 Å². The molecule has 0 aliphatic rings. The zero-order valence-electron chi connectivity index (χ0n) is 22.9. The zero-order valence-corrected chi connectivity index (χ0v) is 23.7. The largest absolute Gasteiger partial charge is 0.354 e. The van der Waals surface area contributed by atoms with Crippen molar-refractivity contribution in [3.05, 3.63) is 95.3 Å². The average Bonchev–Trinajstić information content (AvgIpc) is 2.93. The minimum absolute atomic E-state index is 0.00761. The number of carbonyl (C=O) groups excluding carboxylic acids is 2. The van der Waals surface area contributed by atoms with Gasteiger partial charge >= 0.3 is 0 Å². The Kier molecular flexibility index (Phi) is 10.2. The van der Waals surface area contributed by atoms with Crippen LogP contribution in [-0.4, -0.2) is 44.3 Å². The van der Waals surface area contributed by atoms with Crippen LogP contribution in [0.1, 0.15) is 43.9 Å². The highest BCUT2D eigenvalue weighted by molar-refractivity contribution is 7.92. The molecule has 0 aromatic heterocycles. The van der Waals surface area contributed by atoms with Crippen molar-refractivity contribution < 1.29 is 22.4 Å². The van der Waals surface area contributed by atoms with Crippen molar-refractivity contribution in [2.45, 2.75) is 58.0 Å². The third-order valence-corrected chi connectivity index (χ3v) is 8.29. The second kappa shape index (κ2) is 13.4. The van der Waals surface area contributed by atoms with Gasteiger partial charge in [0.1, 0.15) is 18.4 Å². The lowest BCUT2D eigenvalue weighted by Gasteiger charge is -2.32. The Morgan fingerprint density at radius 1 is 0.949 bits per heavy atom. The van der Waals surface area contributed by atoms with Crippen LogP contribution in [0.25, 0.3) is 0 Å². The van der Waals surface area contributed by atoms with Gasteiger partial charge in [-0.3, -0.25) is 13.9 Å². The summed E-state index contributed by atoms with van der Waals surface area (Å²) in [6, 6.07) is 18.3. The van der Waals surface area contributed by atoms with Crippen molar-refractivity contribution in [2.24, 2.45) is 0 Å². The standard InChI is InChI=1S/C30H36FN3O4S/c1-5-19-32-30(36)23(4)33(20-24-13-15-26(31)16-14-24)29(35)21-34(28-10-8-7-9-25(28)6-2)39(37,38)27-17-11-22(3)12-18-27/h7-18,23H,5-6,19-21H2,1-4H3,(H,32,36). The molecule has 1 atom stereocenters. The number of carbonyl (C=O) groups is 2. The Morgan fingerprint density at radius 3 is 2.21 bits per heavy atom. The first kappa shape index (κ1) is 29.8. The smallest absolute Gasteiger partial charge is 0.264 e. The molecule has 1 unspecified atom stereocenters. The fourth-order valence-electron chi connectivity index (χ4n) is 4.17. The van der Waals surface area contributed by atoms with Crippen molar-refractivity contribution >= 4 is 27.5 Å². The number of halogens is 1. The highest BCUT2D eigenvalue weighted by Crippen LogP contribution is 2.28. The Hall–Kier alpha value is -3.72. The molecule has 0 bridgehead atoms. The molecule has 2 amide bonds. The maximum Gasteiger partial charge on any atom is 0.264 e. The van der Waals surface area contributed by atoms with Crippen LogP contribution in [0, 0.1) is 12.7 Å². The number of sulfonamides is 1. The lowest BCUT2D eigenvalue weighted by Crippen LogP contribution is -2.51. The van der Waals surface area contributed by atoms with Crippen LogP contribution < -0.4 is 9.62 Å². The molecule has 7 nitrogen and oxygen atoms in total. The fraction of sp³-hybridized carbons (Fsp3) is 0.333. The molecule has 0 saturated carbocycles. The topological polar surface area (TPSA) is 86.8 Å². The van der Waals surface area contributed by atoms with Gasteiger partial charge in [0.05, 0.1) is 10.6 Å². The molecule has 39 heavy (non-hydrogen) atoms. The predicted molar refractivity (Wildman–Crippen MR) is 151 cm³/mol. The highest BCUT2D eigenvalue weighted by atomic mass is 32.2. The molecule has 0 spiro atoms. The normalized spacial score (nSPS) is 12.0. The third kappa shape index (κ3) is 7.44. The Bertz CT molecular complexity index is 1380. The van der Waals surface area contributed by atoms with Crippen molar-refractivity contribution in [2.75, 3.05) is 17.4 Å². The van der Waals surface area contributed by atoms with E-state index in [2.05, 4.69) is 5.32 Å². The summed E-state index contributed by atoms with van der Waals surface area (Å²) in [5.41, 5.74) is 2.68. The minimum Gasteiger partial charge on any atom is -0.354 e. The molecular formula is C30H36FN3O4S. The van der Waals surface area contributed by atoms with E-state index in [0.717, 1.165) is 21.9 Å². The van der Waals surface area contributed by atoms with Gasteiger partial charge in [-0.2, -0.15) is 0 Å². The van der Waals surface area contributed by atoms with Crippen LogP contribution in [0.2, 0.25) is 0 Å². The SMILES string of the molecule is CCCNC(=O)C(C)N(Cc1ccc(F)cc1)C(=O)CN(c1ccccc1CC)S(=O)(=O)c1ccc(C)cc1. The first-order valence-corrected chi connectivity index (χ1v) is 14.5. The van der Waals surface area contributed by atoms with E-state index in [-0.39, 0.29) is 17.3 Å². The molecule has 0 aliphatic carbocycles. The highest BCUT2D eigenvalue weighted by Gasteiger charge is 2.33. The van der Waals surface area contributed by atoms with Crippen molar-refractivity contribution in [3.8, 4) is 0 Å². The van der Waals surface area contributed by atoms with Gasteiger partial charge in [0.15, 0.2) is 0 Å². The quantitative estimate of drug-likeness (QED) is 0.348. The number of benzene rings is 3. The summed E-state index contributed by atoms with van der Waals surface area (Å²) in [6.45, 7) is 7.24. The first-order chi connectivity index (χ1) is 18.6. The van der Waals surface area contributed by atoms with Crippen LogP contribution >= 0.6 is 0 Å². The lowest BCUT2D eigenvalue weighted by atomic mass is 10.1. The summed E-state index contributed by atoms with van der Waals surface area (Å²) in [4.78, 5) is 28.2. The van der Waals surface area contributed by atoms with E-state index in [4.69, 9.17) is 0 Å². The van der Waals surface area contributed by atoms with E-state index in [9.17, 15) is 22.4 Å². The van der Waals surface area contributed by atoms with E-state index in [1.165, 1.54) is 29.2 Å². The number of rotatable bonds is 12. The first-order valence-electron chi connectivity index (χ1n) is 13.1. The van der Waals surface area contributed by atoms with Gasteiger partial charge in [0.2, 0.25) is 11.8 Å². The van der Waals surface area contributed by atoms with Crippen LogP contribution in [0.3, 0.4) is 0 Å². The second-order valence-corrected chi connectivity index (χ2v) is 11.3. The van der Waals surface area contributed by atoms with Gasteiger partial charge < -0.3 is 10.2 Å². The molecule has 0 heterocycles. The number of hydrogen-bond donors (Lipinski definition) is 1. The maximum atomic E-state index is 13.9. The Labute approximate surface area is 230 Å². The number of anilines is 1. The molecule has 3 aromatic rings. The number of nitrogens with one attached hydrogen (secondary N) is 1. The Morgan fingerprint density at radius 2 is 1.59 bits per heavy atom. The zero-order chi connectivity index (χ0) is 28.6. The van der Waals surface area contributed by atoms with Gasteiger partial charge in [-0.1, -0.05) is 61.9 Å². The van der Waals surface area contributed by atoms with Crippen molar-refractivity contribution in [1.82, 2.24) is 10.2 Å². The minimum atomic E-state index is -4.13. The summed E-state index contributed by atoms with van der Waals surface area (Å²) in [5, 5.41) is 2.80. The number of amides is 2. The number of hydrogen-bond acceptors (Lipinski definition) is 4. The van der Waals surface area contributed by atoms with Crippen LogP contribution in [0.5, 0.6) is 0 Å². The van der Waals surface area contributed by atoms with E-state index in [1.807, 2.05) is 32.9 Å². The van der Waals surface area contributed by atoms with Crippen molar-refractivity contribution in [1.29, 1.82) is 0 Å². The number of aryl methyl sites for hydroxylation is 2. The second-order valence-electron chi connectivity index (χ2n) is 9.42. The molecule has 1 N–H and O–H groups in total. The monoisotopic (exact) mass is 553 g/mol. The molecule has 3 rings (SSSR count). The van der Waals surface area contributed by atoms with E-state index >= 15 is 0 Å². The molecule has 9 heteroatoms. The van der Waals surface area contributed by atoms with Crippen LogP contribution in [0.15, 0.2) is 77.7 Å². The summed E-state index contributed by atoms with van der Waals surface area (Å²) in [7, 11) is -4.13. The fourth-order valence-corrected chi connectivity index (χ4v) is 5.62. The van der Waals surface area contributed by atoms with Gasteiger partial charge in [0, 0.05) is 13.1 Å². The van der Waals surface area contributed by atoms with Gasteiger partial charge in [-0.05, 0) is 68.1 Å². The molecule has 208 valence electrons. The van der Waals surface area contributed by atoms with Gasteiger partial charge in [-0.15, -0.1) is 0 Å². The third-order valence-electron chi connectivity index (χ3n) is 6.51. The maximum absolute atomic E-state index is 13.9. The average molecular weight is 554 g/mol. The molecule has 0 saturated heterocycles.